The van der Waals surface area contributed by atoms with Crippen LogP contribution in [0.25, 0.3) is 36.5 Å². The fourth-order valence-corrected chi connectivity index (χ4v) is 11.5. The van der Waals surface area contributed by atoms with E-state index in [1.54, 1.807) is 14.2 Å². The van der Waals surface area contributed by atoms with Crippen molar-refractivity contribution in [3.05, 3.63) is 325 Å². The van der Waals surface area contributed by atoms with Gasteiger partial charge in [-0.25, -0.2) is 0 Å². The van der Waals surface area contributed by atoms with Crippen molar-refractivity contribution >= 4 is 139 Å². The molecule has 0 bridgehead atoms. The van der Waals surface area contributed by atoms with Crippen LogP contribution in [-0.2, 0) is 9.47 Å². The van der Waals surface area contributed by atoms with E-state index in [2.05, 4.69) is 142 Å². The molecule has 10 N–H and O–H groups in total. The lowest BCUT2D eigenvalue weighted by Gasteiger charge is -2.20. The first-order valence-corrected chi connectivity index (χ1v) is 39.8. The number of azo groups is 6. The summed E-state index contributed by atoms with van der Waals surface area (Å²) >= 11 is 0. The summed E-state index contributed by atoms with van der Waals surface area (Å²) < 4.78 is 10.3. The Hall–Kier alpha value is -14.0. The average Bonchev–Trinajstić information content (AvgIpc) is 0.882. The van der Waals surface area contributed by atoms with Gasteiger partial charge in [-0.15, -0.1) is 0 Å². The van der Waals surface area contributed by atoms with Gasteiger partial charge in [0.1, 0.15) is 0 Å². The summed E-state index contributed by atoms with van der Waals surface area (Å²) in [7, 11) is 7.50. The van der Waals surface area contributed by atoms with Crippen LogP contribution in [0.4, 0.5) is 102 Å². The van der Waals surface area contributed by atoms with Crippen LogP contribution in [0.1, 0.15) is 47.2 Å². The van der Waals surface area contributed by atoms with E-state index >= 15 is 0 Å². The van der Waals surface area contributed by atoms with Crippen molar-refractivity contribution < 1.29 is 9.47 Å². The number of nitrogens with two attached hydrogens (primary N) is 4. The number of nitrogens with one attached hydrogen (secondary N) is 2. The zero-order valence-electron chi connectivity index (χ0n) is 68.9. The normalized spacial score (nSPS) is 11.6. The summed E-state index contributed by atoms with van der Waals surface area (Å²) in [5.41, 5.74) is 45.1. The zero-order valence-corrected chi connectivity index (χ0v) is 68.9. The lowest BCUT2D eigenvalue weighted by atomic mass is 10.1. The van der Waals surface area contributed by atoms with Crippen molar-refractivity contribution in [3.63, 3.8) is 0 Å². The average molecular weight is 1600 g/mol. The molecule has 120 heavy (non-hydrogen) atoms. The summed E-state index contributed by atoms with van der Waals surface area (Å²) in [6.45, 7) is 12.6. The maximum Gasteiger partial charge on any atom is 0.0858 e. The van der Waals surface area contributed by atoms with Crippen LogP contribution in [0.2, 0.25) is 0 Å². The number of nitrogens with zero attached hydrogens (tertiary/aromatic N) is 16. The molecule has 0 unspecified atom stereocenters. The van der Waals surface area contributed by atoms with Gasteiger partial charge in [0, 0.05) is 115 Å². The fraction of sp³-hybridized carbons (Fsp3) is 0.188. The fourth-order valence-electron chi connectivity index (χ4n) is 11.5. The van der Waals surface area contributed by atoms with Gasteiger partial charge >= 0.3 is 0 Å². The second kappa shape index (κ2) is 49.2. The van der Waals surface area contributed by atoms with Crippen LogP contribution in [-0.4, -0.2) is 107 Å². The van der Waals surface area contributed by atoms with Gasteiger partial charge in [-0.05, 0) is 266 Å². The van der Waals surface area contributed by atoms with E-state index in [4.69, 9.17) is 32.4 Å². The second-order valence-corrected chi connectivity index (χ2v) is 27.2. The summed E-state index contributed by atoms with van der Waals surface area (Å²) in [6, 6.07) is 95.2. The number of benzene rings is 12. The summed E-state index contributed by atoms with van der Waals surface area (Å²) in [6.07, 6.45) is 12.4. The minimum Gasteiger partial charge on any atom is -0.384 e. The molecule has 0 aromatic heterocycles. The van der Waals surface area contributed by atoms with E-state index in [0.717, 1.165) is 175 Å². The molecule has 0 aliphatic rings. The minimum absolute atomic E-state index is 0.486. The Balaban J connectivity index is 0.000000189. The van der Waals surface area contributed by atoms with Crippen LogP contribution >= 0.6 is 0 Å². The molecule has 0 aliphatic carbocycles. The number of likely N-dealkylation sites (N-methyl/N-ethyl adjacent to an activating group) is 2. The maximum atomic E-state index is 5.78. The Morgan fingerprint density at radius 2 is 0.433 bits per heavy atom. The molecule has 12 aromatic carbocycles. The summed E-state index contributed by atoms with van der Waals surface area (Å²) in [4.78, 5) is 8.45. The molecule has 24 nitrogen and oxygen atoms in total. The number of anilines is 6. The molecular weight excluding hydrogens is 1490 g/mol. The van der Waals surface area contributed by atoms with Crippen molar-refractivity contribution in [2.45, 2.75) is 13.8 Å². The number of hydrogen-bond donors (Lipinski definition) is 6. The largest absolute Gasteiger partial charge is 0.384 e. The van der Waals surface area contributed by atoms with Gasteiger partial charge in [-0.3, -0.25) is 0 Å². The molecule has 0 radical (unpaired) electrons. The summed E-state index contributed by atoms with van der Waals surface area (Å²) in [5, 5.41) is 58.6. The molecule has 24 heteroatoms. The van der Waals surface area contributed by atoms with E-state index < -0.39 is 0 Å². The first-order chi connectivity index (χ1) is 58.9. The molecule has 0 atom stereocenters. The topological polar surface area (TPSA) is 308 Å². The Bertz CT molecular complexity index is 4920. The zero-order chi connectivity index (χ0) is 84.1. The number of rotatable bonds is 38. The molecule has 612 valence electrons. The van der Waals surface area contributed by atoms with Gasteiger partial charge in [-0.1, -0.05) is 109 Å². The molecular formula is C96H106N22O2. The molecule has 0 saturated carbocycles. The van der Waals surface area contributed by atoms with Crippen molar-refractivity contribution in [2.75, 3.05) is 137 Å². The predicted molar refractivity (Wildman–Crippen MR) is 499 cm³/mol. The highest BCUT2D eigenvalue weighted by atomic mass is 16.5. The van der Waals surface area contributed by atoms with Crippen molar-refractivity contribution in [2.24, 2.45) is 84.3 Å². The van der Waals surface area contributed by atoms with E-state index in [1.807, 2.05) is 305 Å². The molecule has 0 spiro atoms. The Labute approximate surface area is 704 Å². The maximum absolute atomic E-state index is 5.78. The van der Waals surface area contributed by atoms with E-state index in [9.17, 15) is 0 Å². The molecule has 0 aliphatic heterocycles. The summed E-state index contributed by atoms with van der Waals surface area (Å²) in [5.74, 6) is 0. The molecule has 0 fully saturated rings. The monoisotopic (exact) mass is 1600 g/mol. The highest BCUT2D eigenvalue weighted by Gasteiger charge is 2.08. The molecule has 12 rings (SSSR count). The van der Waals surface area contributed by atoms with Crippen LogP contribution < -0.4 is 53.2 Å². The van der Waals surface area contributed by atoms with Gasteiger partial charge in [0.25, 0.3) is 0 Å². The SMILES string of the molecule is CCN(CN)c1ccc(N=Nc2ccc(/C=C/c3ccc(N=Nc4ccc(N(CC)CN)cc4)cc3)cc2)cc1.COCCN(C)c1ccc(N=Nc2ccc(/C=C/c3ccc(N=Nc4ccc(N(C)CCOC)cc4)cc3)cc2)cc1.NCCNc1ccc(N=Nc2ccc(/C=C/c3ccc(N=Nc4ccc(NCCN)cc4)cc3)cc2)cc1. The molecule has 0 amide bonds. The first kappa shape index (κ1) is 88.4. The van der Waals surface area contributed by atoms with E-state index in [0.29, 0.717) is 39.6 Å². The quantitative estimate of drug-likeness (QED) is 0.0120. The smallest absolute Gasteiger partial charge is 0.0858 e. The lowest BCUT2D eigenvalue weighted by molar-refractivity contribution is 0.206. The first-order valence-electron chi connectivity index (χ1n) is 39.8. The third kappa shape index (κ3) is 30.3. The van der Waals surface area contributed by atoms with Crippen LogP contribution in [0.3, 0.4) is 0 Å². The van der Waals surface area contributed by atoms with Crippen molar-refractivity contribution in [3.8, 4) is 0 Å². The van der Waals surface area contributed by atoms with Crippen LogP contribution in [0.15, 0.2) is 353 Å². The van der Waals surface area contributed by atoms with E-state index in [-0.39, 0.29) is 0 Å². The Morgan fingerprint density at radius 1 is 0.258 bits per heavy atom. The van der Waals surface area contributed by atoms with Gasteiger partial charge in [-0.2, -0.15) is 61.4 Å². The number of methoxy groups -OCH3 is 2. The van der Waals surface area contributed by atoms with Gasteiger partial charge in [0.2, 0.25) is 0 Å². The third-order valence-corrected chi connectivity index (χ3v) is 18.6. The highest BCUT2D eigenvalue weighted by molar-refractivity contribution is 5.74. The Morgan fingerprint density at radius 3 is 0.600 bits per heavy atom. The van der Waals surface area contributed by atoms with Gasteiger partial charge in [0.15, 0.2) is 0 Å². The lowest BCUT2D eigenvalue weighted by Crippen LogP contribution is -2.29. The molecule has 12 aromatic rings. The standard InChI is InChI=1S/C34H38N6O2.C32H36N8.C30H32N8/c1-39(23-25-41-3)33-19-15-31(16-20-33)37-35-29-11-7-27(8-12-29)5-6-28-9-13-30(14-10-28)36-38-32-17-21-34(22-18-32)40(2)24-26-42-4;1-3-39(23-33)31-19-15-29(16-20-31)37-35-27-11-7-25(8-12-27)5-6-26-9-13-28(14-10-26)36-38-30-17-21-32(22-18-30)40(4-2)24-34;31-19-21-33-25-11-15-29(16-12-25)37-35-27-7-3-23(4-8-27)1-2-24-5-9-28(10-6-24)36-38-30-17-13-26(14-18-30)34-22-20-32/h5-22H,23-26H2,1-4H3;5-22H,3-4,23-24,33-34H2,1-2H3;1-18,33-34H,19-22,31-32H2/b2*6-5+,37-35?,38-36?;2-1+,37-35?,38-36?. The molecule has 0 heterocycles. The highest BCUT2D eigenvalue weighted by Crippen LogP contribution is 2.30. The van der Waals surface area contributed by atoms with E-state index in [1.165, 1.54) is 0 Å². The molecule has 0 saturated heterocycles. The minimum atomic E-state index is 0.486. The number of hydrogen-bond acceptors (Lipinski definition) is 24. The third-order valence-electron chi connectivity index (χ3n) is 18.6. The van der Waals surface area contributed by atoms with Crippen molar-refractivity contribution in [1.29, 1.82) is 0 Å². The van der Waals surface area contributed by atoms with Crippen molar-refractivity contribution in [1.82, 2.24) is 0 Å². The Kier molecular flexibility index (Phi) is 36.2. The van der Waals surface area contributed by atoms with Crippen LogP contribution in [0, 0.1) is 0 Å². The van der Waals surface area contributed by atoms with Gasteiger partial charge in [0.05, 0.1) is 94.8 Å². The second-order valence-electron chi connectivity index (χ2n) is 27.2. The number of ether oxygens (including phenoxy) is 2. The predicted octanol–water partition coefficient (Wildman–Crippen LogP) is 24.5. The van der Waals surface area contributed by atoms with Crippen LogP contribution in [0.5, 0.6) is 0 Å². The van der Waals surface area contributed by atoms with Gasteiger partial charge < -0.3 is 62.6 Å².